The van der Waals surface area contributed by atoms with E-state index in [0.29, 0.717) is 18.7 Å². The number of hydrogen-bond donors (Lipinski definition) is 2. The highest BCUT2D eigenvalue weighted by Gasteiger charge is 2.03. The van der Waals surface area contributed by atoms with E-state index in [1.165, 1.54) is 0 Å². The monoisotopic (exact) mass is 255 g/mol. The van der Waals surface area contributed by atoms with Gasteiger partial charge in [-0.05, 0) is 31.2 Å². The lowest BCUT2D eigenvalue weighted by molar-refractivity contribution is 0.0955. The first-order valence-electron chi connectivity index (χ1n) is 6.24. The Labute approximate surface area is 112 Å². The van der Waals surface area contributed by atoms with E-state index < -0.39 is 0 Å². The summed E-state index contributed by atoms with van der Waals surface area (Å²) in [5.74, 6) is -0.0415. The molecule has 0 bridgehead atoms. The van der Waals surface area contributed by atoms with Crippen LogP contribution in [-0.2, 0) is 0 Å². The molecule has 4 heteroatoms. The van der Waals surface area contributed by atoms with Crippen LogP contribution in [0.1, 0.15) is 15.9 Å². The molecule has 1 aromatic carbocycles. The van der Waals surface area contributed by atoms with Crippen LogP contribution < -0.4 is 10.6 Å². The quantitative estimate of drug-likeness (QED) is 0.806. The van der Waals surface area contributed by atoms with Gasteiger partial charge in [-0.1, -0.05) is 17.7 Å². The number of benzene rings is 1. The molecule has 1 aromatic heterocycles. The second-order valence-electron chi connectivity index (χ2n) is 4.29. The second kappa shape index (κ2) is 6.54. The summed E-state index contributed by atoms with van der Waals surface area (Å²) in [6.45, 7) is 3.23. The first-order valence-corrected chi connectivity index (χ1v) is 6.24. The molecule has 2 aromatic rings. The van der Waals surface area contributed by atoms with Gasteiger partial charge in [-0.25, -0.2) is 0 Å². The normalized spacial score (nSPS) is 9.95. The van der Waals surface area contributed by atoms with Crippen molar-refractivity contribution in [2.75, 3.05) is 18.4 Å². The van der Waals surface area contributed by atoms with E-state index in [0.717, 1.165) is 11.3 Å². The van der Waals surface area contributed by atoms with Crippen molar-refractivity contribution < 1.29 is 4.79 Å². The van der Waals surface area contributed by atoms with E-state index >= 15 is 0 Å². The molecule has 1 heterocycles. The lowest BCUT2D eigenvalue weighted by Crippen LogP contribution is -2.28. The highest BCUT2D eigenvalue weighted by molar-refractivity contribution is 5.94. The number of hydrogen-bond acceptors (Lipinski definition) is 3. The standard InChI is InChI=1S/C15H17N3O/c1-12-3-2-4-13(11-12)15(19)18-10-9-17-14-5-7-16-8-6-14/h2-8,11H,9-10H2,1H3,(H,16,17)(H,18,19). The first kappa shape index (κ1) is 13.1. The summed E-state index contributed by atoms with van der Waals surface area (Å²) in [6, 6.07) is 11.3. The molecule has 0 aliphatic carbocycles. The smallest absolute Gasteiger partial charge is 0.251 e. The van der Waals surface area contributed by atoms with Gasteiger partial charge in [0, 0.05) is 36.7 Å². The number of aromatic nitrogens is 1. The minimum Gasteiger partial charge on any atom is -0.383 e. The van der Waals surface area contributed by atoms with Gasteiger partial charge in [0.2, 0.25) is 0 Å². The van der Waals surface area contributed by atoms with Crippen LogP contribution in [0.4, 0.5) is 5.69 Å². The Balaban J connectivity index is 1.75. The van der Waals surface area contributed by atoms with Gasteiger partial charge in [-0.2, -0.15) is 0 Å². The van der Waals surface area contributed by atoms with Crippen molar-refractivity contribution in [1.82, 2.24) is 10.3 Å². The first-order chi connectivity index (χ1) is 9.25. The second-order valence-corrected chi connectivity index (χ2v) is 4.29. The van der Waals surface area contributed by atoms with E-state index in [4.69, 9.17) is 0 Å². The summed E-state index contributed by atoms with van der Waals surface area (Å²) in [7, 11) is 0. The molecule has 0 fully saturated rings. The van der Waals surface area contributed by atoms with E-state index in [9.17, 15) is 4.79 Å². The van der Waals surface area contributed by atoms with E-state index in [1.54, 1.807) is 12.4 Å². The SMILES string of the molecule is Cc1cccc(C(=O)NCCNc2ccncc2)c1. The molecule has 0 radical (unpaired) electrons. The number of carbonyl (C=O) groups excluding carboxylic acids is 1. The summed E-state index contributed by atoms with van der Waals surface area (Å²) in [5.41, 5.74) is 2.78. The van der Waals surface area contributed by atoms with E-state index in [2.05, 4.69) is 15.6 Å². The van der Waals surface area contributed by atoms with Crippen LogP contribution in [0.25, 0.3) is 0 Å². The maximum absolute atomic E-state index is 11.9. The zero-order valence-corrected chi connectivity index (χ0v) is 10.9. The highest BCUT2D eigenvalue weighted by atomic mass is 16.1. The predicted octanol–water partition coefficient (Wildman–Crippen LogP) is 2.23. The maximum Gasteiger partial charge on any atom is 0.251 e. The number of anilines is 1. The molecule has 19 heavy (non-hydrogen) atoms. The third-order valence-corrected chi connectivity index (χ3v) is 2.70. The van der Waals surface area contributed by atoms with Crippen molar-refractivity contribution in [3.05, 3.63) is 59.9 Å². The highest BCUT2D eigenvalue weighted by Crippen LogP contribution is 2.04. The molecule has 4 nitrogen and oxygen atoms in total. The van der Waals surface area contributed by atoms with Gasteiger partial charge in [0.05, 0.1) is 0 Å². The van der Waals surface area contributed by atoms with Gasteiger partial charge in [0.1, 0.15) is 0 Å². The predicted molar refractivity (Wildman–Crippen MR) is 76.2 cm³/mol. The number of amides is 1. The molecule has 2 N–H and O–H groups in total. The van der Waals surface area contributed by atoms with Gasteiger partial charge in [0.15, 0.2) is 0 Å². The molecule has 0 atom stereocenters. The summed E-state index contributed by atoms with van der Waals surface area (Å²) in [6.07, 6.45) is 3.46. The number of nitrogens with one attached hydrogen (secondary N) is 2. The molecular weight excluding hydrogens is 238 g/mol. The summed E-state index contributed by atoms with van der Waals surface area (Å²) in [4.78, 5) is 15.8. The summed E-state index contributed by atoms with van der Waals surface area (Å²) >= 11 is 0. The topological polar surface area (TPSA) is 54.0 Å². The fourth-order valence-corrected chi connectivity index (χ4v) is 1.74. The van der Waals surface area contributed by atoms with Crippen molar-refractivity contribution in [1.29, 1.82) is 0 Å². The van der Waals surface area contributed by atoms with Crippen LogP contribution in [0.3, 0.4) is 0 Å². The maximum atomic E-state index is 11.9. The zero-order chi connectivity index (χ0) is 13.5. The van der Waals surface area contributed by atoms with Crippen LogP contribution >= 0.6 is 0 Å². The third kappa shape index (κ3) is 4.10. The van der Waals surface area contributed by atoms with Gasteiger partial charge in [-0.3, -0.25) is 9.78 Å². The number of carbonyl (C=O) groups is 1. The number of rotatable bonds is 5. The molecule has 2 rings (SSSR count). The number of nitrogens with zero attached hydrogens (tertiary/aromatic N) is 1. The van der Waals surface area contributed by atoms with E-state index in [-0.39, 0.29) is 5.91 Å². The summed E-state index contributed by atoms with van der Waals surface area (Å²) in [5, 5.41) is 6.09. The fourth-order valence-electron chi connectivity index (χ4n) is 1.74. The average molecular weight is 255 g/mol. The molecule has 0 saturated carbocycles. The molecule has 0 aliphatic heterocycles. The largest absolute Gasteiger partial charge is 0.383 e. The molecule has 0 spiro atoms. The fraction of sp³-hybridized carbons (Fsp3) is 0.200. The van der Waals surface area contributed by atoms with Crippen LogP contribution in [0, 0.1) is 6.92 Å². The molecule has 0 unspecified atom stereocenters. The van der Waals surface area contributed by atoms with E-state index in [1.807, 2.05) is 43.3 Å². The van der Waals surface area contributed by atoms with Gasteiger partial charge in [-0.15, -0.1) is 0 Å². The lowest BCUT2D eigenvalue weighted by atomic mass is 10.1. The van der Waals surface area contributed by atoms with Crippen molar-refractivity contribution >= 4 is 11.6 Å². The number of pyridine rings is 1. The average Bonchev–Trinajstić information content (AvgIpc) is 2.44. The molecule has 0 aliphatic rings. The Bertz CT molecular complexity index is 540. The Morgan fingerprint density at radius 1 is 1.16 bits per heavy atom. The molecular formula is C15H17N3O. The number of aryl methyl sites for hydroxylation is 1. The van der Waals surface area contributed by atoms with Crippen LogP contribution in [0.2, 0.25) is 0 Å². The zero-order valence-electron chi connectivity index (χ0n) is 10.9. The van der Waals surface area contributed by atoms with Crippen molar-refractivity contribution in [3.63, 3.8) is 0 Å². The molecule has 98 valence electrons. The third-order valence-electron chi connectivity index (χ3n) is 2.70. The van der Waals surface area contributed by atoms with Gasteiger partial charge >= 0.3 is 0 Å². The Morgan fingerprint density at radius 3 is 2.68 bits per heavy atom. The van der Waals surface area contributed by atoms with Gasteiger partial charge in [0.25, 0.3) is 5.91 Å². The van der Waals surface area contributed by atoms with Crippen LogP contribution in [-0.4, -0.2) is 24.0 Å². The minimum absolute atomic E-state index is 0.0415. The van der Waals surface area contributed by atoms with Gasteiger partial charge < -0.3 is 10.6 Å². The summed E-state index contributed by atoms with van der Waals surface area (Å²) < 4.78 is 0. The van der Waals surface area contributed by atoms with Crippen molar-refractivity contribution in [2.45, 2.75) is 6.92 Å². The van der Waals surface area contributed by atoms with Crippen molar-refractivity contribution in [3.8, 4) is 0 Å². The minimum atomic E-state index is -0.0415. The van der Waals surface area contributed by atoms with Crippen LogP contribution in [0.5, 0.6) is 0 Å². The molecule has 0 saturated heterocycles. The van der Waals surface area contributed by atoms with Crippen molar-refractivity contribution in [2.24, 2.45) is 0 Å². The molecule has 1 amide bonds. The van der Waals surface area contributed by atoms with Crippen LogP contribution in [0.15, 0.2) is 48.8 Å². The lowest BCUT2D eigenvalue weighted by Gasteiger charge is -2.08. The Kier molecular flexibility index (Phi) is 4.50. The Hall–Kier alpha value is -2.36. The Morgan fingerprint density at radius 2 is 1.95 bits per heavy atom.